The summed E-state index contributed by atoms with van der Waals surface area (Å²) in [5, 5.41) is 13.8. The molecule has 1 heterocycles. The number of hydrogen-bond acceptors (Lipinski definition) is 6. The van der Waals surface area contributed by atoms with Crippen LogP contribution in [0.25, 0.3) is 0 Å². The molecule has 1 aliphatic rings. The van der Waals surface area contributed by atoms with E-state index in [0.29, 0.717) is 12.3 Å². The summed E-state index contributed by atoms with van der Waals surface area (Å²) in [6, 6.07) is 3.79. The third-order valence-electron chi connectivity index (χ3n) is 3.95. The fourth-order valence-electron chi connectivity index (χ4n) is 2.59. The summed E-state index contributed by atoms with van der Waals surface area (Å²) in [5.74, 6) is -0.459. The van der Waals surface area contributed by atoms with Gasteiger partial charge < -0.3 is 15.8 Å². The van der Waals surface area contributed by atoms with E-state index < -0.39 is 10.8 Å². The number of ether oxygens (including phenoxy) is 1. The lowest BCUT2D eigenvalue weighted by Crippen LogP contribution is -2.48. The summed E-state index contributed by atoms with van der Waals surface area (Å²) in [7, 11) is 0. The molecular weight excluding hydrogens is 328 g/mol. The van der Waals surface area contributed by atoms with E-state index in [1.807, 2.05) is 6.92 Å². The first kappa shape index (κ1) is 18.7. The molecule has 0 aliphatic carbocycles. The van der Waals surface area contributed by atoms with Crippen molar-refractivity contribution in [2.45, 2.75) is 32.2 Å². The summed E-state index contributed by atoms with van der Waals surface area (Å²) >= 11 is 0. The van der Waals surface area contributed by atoms with Crippen LogP contribution in [0.4, 0.5) is 11.4 Å². The second-order valence-corrected chi connectivity index (χ2v) is 5.82. The third kappa shape index (κ3) is 4.66. The van der Waals surface area contributed by atoms with Gasteiger partial charge in [-0.05, 0) is 12.5 Å². The number of nitrogens with two attached hydrogens (primary N) is 1. The SMILES string of the molecule is CCCCC(CN)NC(=O)CN1C(=O)COc2ccc([N+](=O)[O-])cc21. The van der Waals surface area contributed by atoms with Crippen molar-refractivity contribution in [3.63, 3.8) is 0 Å². The van der Waals surface area contributed by atoms with Gasteiger partial charge in [0.25, 0.3) is 11.6 Å². The zero-order valence-electron chi connectivity index (χ0n) is 14.1. The van der Waals surface area contributed by atoms with Gasteiger partial charge in [0, 0.05) is 24.7 Å². The molecule has 0 saturated carbocycles. The Morgan fingerprint density at radius 3 is 2.92 bits per heavy atom. The summed E-state index contributed by atoms with van der Waals surface area (Å²) < 4.78 is 5.27. The number of nitrogens with one attached hydrogen (secondary N) is 1. The summed E-state index contributed by atoms with van der Waals surface area (Å²) in [4.78, 5) is 36.0. The highest BCUT2D eigenvalue weighted by atomic mass is 16.6. The maximum Gasteiger partial charge on any atom is 0.271 e. The maximum atomic E-state index is 12.3. The van der Waals surface area contributed by atoms with Crippen LogP contribution in [-0.4, -0.2) is 42.5 Å². The third-order valence-corrected chi connectivity index (χ3v) is 3.95. The molecule has 1 aromatic rings. The van der Waals surface area contributed by atoms with E-state index in [1.54, 1.807) is 0 Å². The molecule has 9 nitrogen and oxygen atoms in total. The van der Waals surface area contributed by atoms with Crippen LogP contribution in [0.15, 0.2) is 18.2 Å². The van der Waals surface area contributed by atoms with Crippen LogP contribution in [0.2, 0.25) is 0 Å². The Balaban J connectivity index is 2.13. The minimum absolute atomic E-state index is 0.159. The summed E-state index contributed by atoms with van der Waals surface area (Å²) in [5.41, 5.74) is 5.71. The highest BCUT2D eigenvalue weighted by Crippen LogP contribution is 2.35. The number of carbonyl (C=O) groups is 2. The molecule has 2 amide bonds. The Kier molecular flexibility index (Phi) is 6.29. The molecule has 0 bridgehead atoms. The molecule has 0 radical (unpaired) electrons. The van der Waals surface area contributed by atoms with Crippen LogP contribution in [0.1, 0.15) is 26.2 Å². The number of fused-ring (bicyclic) bond motifs is 1. The molecule has 3 N–H and O–H groups in total. The number of unbranched alkanes of at least 4 members (excludes halogenated alkanes) is 1. The molecule has 9 heteroatoms. The molecule has 0 spiro atoms. The van der Waals surface area contributed by atoms with E-state index in [9.17, 15) is 19.7 Å². The lowest BCUT2D eigenvalue weighted by atomic mass is 10.1. The molecule has 1 aromatic carbocycles. The predicted molar refractivity (Wildman–Crippen MR) is 91.5 cm³/mol. The fourth-order valence-corrected chi connectivity index (χ4v) is 2.59. The summed E-state index contributed by atoms with van der Waals surface area (Å²) in [6.45, 7) is 1.91. The van der Waals surface area contributed by atoms with Gasteiger partial charge in [0.15, 0.2) is 6.61 Å². The minimum atomic E-state index is -0.563. The normalized spacial score (nSPS) is 14.5. The van der Waals surface area contributed by atoms with Gasteiger partial charge >= 0.3 is 0 Å². The number of nitro groups is 1. The van der Waals surface area contributed by atoms with Crippen molar-refractivity contribution < 1.29 is 19.2 Å². The van der Waals surface area contributed by atoms with Gasteiger partial charge in [0.1, 0.15) is 12.3 Å². The smallest absolute Gasteiger partial charge is 0.271 e. The first-order chi connectivity index (χ1) is 12.0. The fraction of sp³-hybridized carbons (Fsp3) is 0.500. The number of nitrogens with zero attached hydrogens (tertiary/aromatic N) is 2. The molecule has 1 atom stereocenters. The molecule has 0 aromatic heterocycles. The monoisotopic (exact) mass is 350 g/mol. The molecule has 2 rings (SSSR count). The van der Waals surface area contributed by atoms with Crippen molar-refractivity contribution in [2.75, 3.05) is 24.6 Å². The van der Waals surface area contributed by atoms with Gasteiger partial charge in [-0.1, -0.05) is 19.8 Å². The van der Waals surface area contributed by atoms with E-state index in [0.717, 1.165) is 19.3 Å². The lowest BCUT2D eigenvalue weighted by molar-refractivity contribution is -0.384. The quantitative estimate of drug-likeness (QED) is 0.531. The van der Waals surface area contributed by atoms with Crippen LogP contribution in [0, 0.1) is 10.1 Å². The van der Waals surface area contributed by atoms with Crippen LogP contribution < -0.4 is 20.7 Å². The maximum absolute atomic E-state index is 12.3. The Morgan fingerprint density at radius 2 is 2.28 bits per heavy atom. The molecule has 1 unspecified atom stereocenters. The topological polar surface area (TPSA) is 128 Å². The van der Waals surface area contributed by atoms with Gasteiger partial charge in [-0.15, -0.1) is 0 Å². The average molecular weight is 350 g/mol. The molecule has 25 heavy (non-hydrogen) atoms. The highest BCUT2D eigenvalue weighted by Gasteiger charge is 2.29. The number of amides is 2. The Bertz CT molecular complexity index is 664. The zero-order valence-corrected chi connectivity index (χ0v) is 14.1. The van der Waals surface area contributed by atoms with Crippen LogP contribution in [0.3, 0.4) is 0 Å². The van der Waals surface area contributed by atoms with Crippen LogP contribution >= 0.6 is 0 Å². The number of anilines is 1. The van der Waals surface area contributed by atoms with E-state index in [4.69, 9.17) is 10.5 Å². The number of rotatable bonds is 8. The Hall–Kier alpha value is -2.68. The number of hydrogen-bond donors (Lipinski definition) is 2. The van der Waals surface area contributed by atoms with E-state index in [1.165, 1.54) is 23.1 Å². The van der Waals surface area contributed by atoms with E-state index in [-0.39, 0.29) is 36.5 Å². The van der Waals surface area contributed by atoms with Crippen LogP contribution in [0.5, 0.6) is 5.75 Å². The van der Waals surface area contributed by atoms with E-state index in [2.05, 4.69) is 5.32 Å². The minimum Gasteiger partial charge on any atom is -0.482 e. The van der Waals surface area contributed by atoms with Crippen molar-refractivity contribution in [2.24, 2.45) is 5.73 Å². The zero-order chi connectivity index (χ0) is 18.4. The second-order valence-electron chi connectivity index (χ2n) is 5.82. The first-order valence-corrected chi connectivity index (χ1v) is 8.17. The summed E-state index contributed by atoms with van der Waals surface area (Å²) in [6.07, 6.45) is 2.69. The van der Waals surface area contributed by atoms with Gasteiger partial charge in [-0.25, -0.2) is 0 Å². The van der Waals surface area contributed by atoms with Crippen molar-refractivity contribution in [1.29, 1.82) is 0 Å². The van der Waals surface area contributed by atoms with Crippen molar-refractivity contribution in [3.05, 3.63) is 28.3 Å². The average Bonchev–Trinajstić information content (AvgIpc) is 2.60. The number of benzene rings is 1. The molecule has 0 fully saturated rings. The van der Waals surface area contributed by atoms with Crippen LogP contribution in [-0.2, 0) is 9.59 Å². The molecule has 136 valence electrons. The van der Waals surface area contributed by atoms with Gasteiger partial charge in [0.05, 0.1) is 10.6 Å². The molecule has 0 saturated heterocycles. The predicted octanol–water partition coefficient (Wildman–Crippen LogP) is 0.954. The largest absolute Gasteiger partial charge is 0.482 e. The molecular formula is C16H22N4O5. The standard InChI is InChI=1S/C16H22N4O5/c1-2-3-4-11(8-17)18-15(21)9-19-13-7-12(20(23)24)5-6-14(13)25-10-16(19)22/h5-7,11H,2-4,8-10,17H2,1H3,(H,18,21). The van der Waals surface area contributed by atoms with Crippen molar-refractivity contribution in [1.82, 2.24) is 5.32 Å². The number of carbonyl (C=O) groups excluding carboxylic acids is 2. The number of nitro benzene ring substituents is 1. The second kappa shape index (κ2) is 8.43. The van der Waals surface area contributed by atoms with E-state index >= 15 is 0 Å². The Labute approximate surface area is 145 Å². The van der Waals surface area contributed by atoms with Crippen molar-refractivity contribution in [3.8, 4) is 5.75 Å². The highest BCUT2D eigenvalue weighted by molar-refractivity contribution is 6.02. The van der Waals surface area contributed by atoms with Gasteiger partial charge in [-0.3, -0.25) is 24.6 Å². The first-order valence-electron chi connectivity index (χ1n) is 8.17. The van der Waals surface area contributed by atoms with Crippen molar-refractivity contribution >= 4 is 23.2 Å². The Morgan fingerprint density at radius 1 is 1.52 bits per heavy atom. The van der Waals surface area contributed by atoms with Gasteiger partial charge in [-0.2, -0.15) is 0 Å². The lowest BCUT2D eigenvalue weighted by Gasteiger charge is -2.29. The van der Waals surface area contributed by atoms with Gasteiger partial charge in [0.2, 0.25) is 5.91 Å². The molecule has 1 aliphatic heterocycles. The number of non-ortho nitro benzene ring substituents is 1.